The Labute approximate surface area is 256 Å². The topological polar surface area (TPSA) is 176 Å². The summed E-state index contributed by atoms with van der Waals surface area (Å²) >= 11 is 0. The third-order valence-electron chi connectivity index (χ3n) is 7.91. The second kappa shape index (κ2) is 15.6. The molecule has 1 aliphatic heterocycles. The molecule has 2 unspecified atom stereocenters. The lowest BCUT2D eigenvalue weighted by molar-refractivity contribution is -0.165. The Kier molecular flexibility index (Phi) is 12.2. The number of ether oxygens (including phenoxy) is 4. The molecular formula is C31H42N2O11. The number of carboxylic acid groups (broad SMARTS) is 2. The number of carbonyl (C=O) groups excluding carboxylic acids is 1. The highest BCUT2D eigenvalue weighted by atomic mass is 16.5. The summed E-state index contributed by atoms with van der Waals surface area (Å²) in [6.07, 6.45) is -1.26. The number of nitrogens with zero attached hydrogens (tertiary/aromatic N) is 2. The van der Waals surface area contributed by atoms with Crippen LogP contribution in [-0.2, 0) is 33.6 Å². The molecule has 242 valence electrons. The van der Waals surface area contributed by atoms with Gasteiger partial charge in [-0.15, -0.1) is 0 Å². The molecule has 4 N–H and O–H groups in total. The van der Waals surface area contributed by atoms with E-state index in [0.29, 0.717) is 18.1 Å². The van der Waals surface area contributed by atoms with Gasteiger partial charge in [0.15, 0.2) is 35.2 Å². The molecule has 0 fully saturated rings. The van der Waals surface area contributed by atoms with Gasteiger partial charge in [-0.05, 0) is 79.4 Å². The number of methoxy groups -OCH3 is 4. The SMILES string of the molecule is COc1cc2c(cc1OC)CC(=O)N(CCCN(C)C[C@H]1Cc3cc(OC)c(OC)cc31)CC2.O=C(O)C(O)C(O)C(=O)O. The van der Waals surface area contributed by atoms with E-state index in [1.807, 2.05) is 17.0 Å². The normalized spacial score (nSPS) is 16.7. The van der Waals surface area contributed by atoms with Crippen molar-refractivity contribution in [3.8, 4) is 23.0 Å². The van der Waals surface area contributed by atoms with Gasteiger partial charge in [0.1, 0.15) is 0 Å². The number of carboxylic acids is 2. The van der Waals surface area contributed by atoms with Crippen LogP contribution in [0.3, 0.4) is 0 Å². The molecule has 4 rings (SSSR count). The van der Waals surface area contributed by atoms with E-state index in [2.05, 4.69) is 24.1 Å². The third kappa shape index (κ3) is 8.30. The fourth-order valence-corrected chi connectivity index (χ4v) is 5.42. The number of aliphatic hydroxyl groups is 2. The molecule has 2 aliphatic rings. The minimum atomic E-state index is -2.27. The lowest BCUT2D eigenvalue weighted by Crippen LogP contribution is -2.39. The van der Waals surface area contributed by atoms with Crippen LogP contribution < -0.4 is 18.9 Å². The van der Waals surface area contributed by atoms with Gasteiger partial charge < -0.3 is 49.2 Å². The van der Waals surface area contributed by atoms with Crippen molar-refractivity contribution in [2.45, 2.75) is 43.8 Å². The van der Waals surface area contributed by atoms with Gasteiger partial charge in [0, 0.05) is 25.6 Å². The number of amides is 1. The Hall–Kier alpha value is -4.07. The largest absolute Gasteiger partial charge is 0.493 e. The molecule has 1 aliphatic carbocycles. The molecule has 0 saturated carbocycles. The zero-order chi connectivity index (χ0) is 32.6. The highest BCUT2D eigenvalue weighted by molar-refractivity contribution is 5.83. The first-order valence-electron chi connectivity index (χ1n) is 14.2. The summed E-state index contributed by atoms with van der Waals surface area (Å²) in [6.45, 7) is 3.47. The molecule has 44 heavy (non-hydrogen) atoms. The summed E-state index contributed by atoms with van der Waals surface area (Å²) in [5, 5.41) is 32.5. The van der Waals surface area contributed by atoms with E-state index in [1.54, 1.807) is 28.4 Å². The van der Waals surface area contributed by atoms with Gasteiger partial charge in [-0.2, -0.15) is 0 Å². The van der Waals surface area contributed by atoms with Crippen molar-refractivity contribution >= 4 is 17.8 Å². The average molecular weight is 619 g/mol. The minimum absolute atomic E-state index is 0.183. The van der Waals surface area contributed by atoms with Crippen LogP contribution >= 0.6 is 0 Å². The quantitative estimate of drug-likeness (QED) is 0.253. The summed E-state index contributed by atoms with van der Waals surface area (Å²) in [5.74, 6) is 0.153. The molecule has 1 heterocycles. The number of fused-ring (bicyclic) bond motifs is 2. The number of aliphatic carboxylic acids is 2. The summed E-state index contributed by atoms with van der Waals surface area (Å²) < 4.78 is 21.7. The molecule has 0 bridgehead atoms. The Morgan fingerprint density at radius 1 is 0.864 bits per heavy atom. The van der Waals surface area contributed by atoms with E-state index >= 15 is 0 Å². The van der Waals surface area contributed by atoms with Crippen LogP contribution in [0, 0.1) is 0 Å². The third-order valence-corrected chi connectivity index (χ3v) is 7.91. The van der Waals surface area contributed by atoms with E-state index in [4.69, 9.17) is 39.4 Å². The van der Waals surface area contributed by atoms with E-state index in [1.165, 1.54) is 16.7 Å². The van der Waals surface area contributed by atoms with Gasteiger partial charge in [0.25, 0.3) is 0 Å². The molecule has 0 radical (unpaired) electrons. The van der Waals surface area contributed by atoms with E-state index in [-0.39, 0.29) is 5.91 Å². The Bertz CT molecular complexity index is 1310. The van der Waals surface area contributed by atoms with Crippen LogP contribution in [-0.4, -0.2) is 122 Å². The van der Waals surface area contributed by atoms with Gasteiger partial charge in [-0.1, -0.05) is 0 Å². The van der Waals surface area contributed by atoms with Crippen LogP contribution in [0.1, 0.15) is 34.6 Å². The van der Waals surface area contributed by atoms with Crippen molar-refractivity contribution in [3.63, 3.8) is 0 Å². The molecule has 13 heteroatoms. The molecule has 3 atom stereocenters. The maximum atomic E-state index is 12.9. The van der Waals surface area contributed by atoms with Crippen LogP contribution in [0.15, 0.2) is 24.3 Å². The predicted molar refractivity (Wildman–Crippen MR) is 159 cm³/mol. The van der Waals surface area contributed by atoms with Gasteiger partial charge in [-0.25, -0.2) is 9.59 Å². The smallest absolute Gasteiger partial charge is 0.335 e. The highest BCUT2D eigenvalue weighted by Crippen LogP contribution is 2.42. The molecule has 1 amide bonds. The number of hydrogen-bond acceptors (Lipinski definition) is 10. The Balaban J connectivity index is 0.000000456. The van der Waals surface area contributed by atoms with Crippen LogP contribution in [0.25, 0.3) is 0 Å². The second-order valence-electron chi connectivity index (χ2n) is 10.8. The first-order chi connectivity index (χ1) is 20.9. The maximum Gasteiger partial charge on any atom is 0.335 e. The standard InChI is InChI=1S/C27H36N2O5.C4H6O6/c1-28(17-21-11-20-14-25(33-4)26(34-5)16-22(20)21)8-6-9-29-10-7-18-12-23(31-2)24(32-3)13-19(18)15-27(29)30;5-1(3(7)8)2(6)4(9)10/h12-14,16,21H,6-11,15,17H2,1-5H3;1-2,5-6H,(H,7,8)(H,9,10)/t21-;/m1./s1. The lowest BCUT2D eigenvalue weighted by atomic mass is 9.77. The van der Waals surface area contributed by atoms with Crippen LogP contribution in [0.2, 0.25) is 0 Å². The molecule has 13 nitrogen and oxygen atoms in total. The summed E-state index contributed by atoms with van der Waals surface area (Å²) in [4.78, 5) is 36.8. The summed E-state index contributed by atoms with van der Waals surface area (Å²) in [7, 11) is 8.79. The van der Waals surface area contributed by atoms with Crippen molar-refractivity contribution in [1.82, 2.24) is 9.80 Å². The Morgan fingerprint density at radius 2 is 1.36 bits per heavy atom. The zero-order valence-corrected chi connectivity index (χ0v) is 25.7. The van der Waals surface area contributed by atoms with Crippen LogP contribution in [0.4, 0.5) is 0 Å². The Morgan fingerprint density at radius 3 is 1.89 bits per heavy atom. The van der Waals surface area contributed by atoms with E-state index in [9.17, 15) is 14.4 Å². The fourth-order valence-electron chi connectivity index (χ4n) is 5.42. The number of likely N-dealkylation sites (N-methyl/N-ethyl adjacent to an activating group) is 1. The monoisotopic (exact) mass is 618 g/mol. The number of aliphatic hydroxyl groups excluding tert-OH is 2. The first kappa shape index (κ1) is 34.4. The van der Waals surface area contributed by atoms with E-state index < -0.39 is 24.1 Å². The van der Waals surface area contributed by atoms with Crippen molar-refractivity contribution in [1.29, 1.82) is 0 Å². The van der Waals surface area contributed by atoms with Crippen molar-refractivity contribution < 1.29 is 53.8 Å². The van der Waals surface area contributed by atoms with Gasteiger partial charge >= 0.3 is 11.9 Å². The number of carbonyl (C=O) groups is 3. The lowest BCUT2D eigenvalue weighted by Gasteiger charge is -2.34. The molecular weight excluding hydrogens is 576 g/mol. The summed E-state index contributed by atoms with van der Waals surface area (Å²) in [6, 6.07) is 8.18. The van der Waals surface area contributed by atoms with Gasteiger partial charge in [0.05, 0.1) is 34.9 Å². The van der Waals surface area contributed by atoms with Gasteiger partial charge in [-0.3, -0.25) is 4.79 Å². The van der Waals surface area contributed by atoms with Crippen molar-refractivity contribution in [3.05, 3.63) is 46.5 Å². The summed E-state index contributed by atoms with van der Waals surface area (Å²) in [5.41, 5.74) is 4.91. The number of hydrogen-bond donors (Lipinski definition) is 4. The average Bonchev–Trinajstić information content (AvgIpc) is 3.15. The van der Waals surface area contributed by atoms with Crippen LogP contribution in [0.5, 0.6) is 23.0 Å². The second-order valence-corrected chi connectivity index (χ2v) is 10.8. The molecule has 2 aromatic carbocycles. The first-order valence-corrected chi connectivity index (χ1v) is 14.2. The molecule has 0 spiro atoms. The van der Waals surface area contributed by atoms with Crippen molar-refractivity contribution in [2.75, 3.05) is 61.7 Å². The molecule has 2 aromatic rings. The molecule has 0 aromatic heterocycles. The fraction of sp³-hybridized carbons (Fsp3) is 0.516. The van der Waals surface area contributed by atoms with E-state index in [0.717, 1.165) is 68.3 Å². The zero-order valence-electron chi connectivity index (χ0n) is 25.7. The van der Waals surface area contributed by atoms with Gasteiger partial charge in [0.2, 0.25) is 5.91 Å². The molecule has 0 saturated heterocycles. The van der Waals surface area contributed by atoms with Crippen molar-refractivity contribution in [2.24, 2.45) is 0 Å². The minimum Gasteiger partial charge on any atom is -0.493 e. The number of rotatable bonds is 13. The number of benzene rings is 2. The predicted octanol–water partition coefficient (Wildman–Crippen LogP) is 1.19. The maximum absolute atomic E-state index is 12.9. The highest BCUT2D eigenvalue weighted by Gasteiger charge is 2.30.